The molecular formula is C21H25ClN6S. The van der Waals surface area contributed by atoms with Crippen molar-refractivity contribution in [1.29, 1.82) is 0 Å². The van der Waals surface area contributed by atoms with Crippen LogP contribution in [-0.4, -0.2) is 47.9 Å². The van der Waals surface area contributed by atoms with Crippen molar-refractivity contribution in [3.8, 4) is 0 Å². The first-order valence-corrected chi connectivity index (χ1v) is 10.8. The lowest BCUT2D eigenvalue weighted by Gasteiger charge is -2.39. The maximum atomic E-state index is 6.68. The molecule has 4 rings (SSSR count). The lowest BCUT2D eigenvalue weighted by molar-refractivity contribution is 0.258. The Morgan fingerprint density at radius 1 is 1.24 bits per heavy atom. The van der Waals surface area contributed by atoms with E-state index in [1.54, 1.807) is 6.34 Å². The number of hydrogen-bond donors (Lipinski definition) is 1. The quantitative estimate of drug-likeness (QED) is 0.777. The number of fused-ring (bicyclic) bond motifs is 1. The van der Waals surface area contributed by atoms with Crippen LogP contribution in [-0.2, 0) is 0 Å². The van der Waals surface area contributed by atoms with Gasteiger partial charge in [0.1, 0.15) is 10.8 Å². The van der Waals surface area contributed by atoms with E-state index in [0.29, 0.717) is 5.02 Å². The molecule has 2 N–H and O–H groups in total. The molecule has 0 aliphatic carbocycles. The molecule has 1 fully saturated rings. The van der Waals surface area contributed by atoms with Gasteiger partial charge in [0.25, 0.3) is 0 Å². The van der Waals surface area contributed by atoms with Crippen LogP contribution in [0.15, 0.2) is 46.0 Å². The summed E-state index contributed by atoms with van der Waals surface area (Å²) >= 11 is 8.18. The molecule has 8 heteroatoms. The summed E-state index contributed by atoms with van der Waals surface area (Å²) < 4.78 is 0. The van der Waals surface area contributed by atoms with Gasteiger partial charge in [-0.2, -0.15) is 0 Å². The highest BCUT2D eigenvalue weighted by molar-refractivity contribution is 7.99. The van der Waals surface area contributed by atoms with Gasteiger partial charge in [-0.3, -0.25) is 0 Å². The first-order chi connectivity index (χ1) is 13.9. The number of aliphatic imine (C=N–C) groups is 1. The van der Waals surface area contributed by atoms with Gasteiger partial charge in [0.2, 0.25) is 0 Å². The van der Waals surface area contributed by atoms with Gasteiger partial charge >= 0.3 is 0 Å². The van der Waals surface area contributed by atoms with Crippen molar-refractivity contribution >= 4 is 46.9 Å². The minimum atomic E-state index is 0.241. The van der Waals surface area contributed by atoms with Crippen molar-refractivity contribution in [2.45, 2.75) is 29.7 Å². The predicted octanol–water partition coefficient (Wildman–Crippen LogP) is 4.42. The first kappa shape index (κ1) is 20.2. The summed E-state index contributed by atoms with van der Waals surface area (Å²) in [5.41, 5.74) is 8.68. The highest BCUT2D eigenvalue weighted by Gasteiger charge is 2.29. The van der Waals surface area contributed by atoms with Crippen LogP contribution in [0, 0.1) is 5.41 Å². The van der Waals surface area contributed by atoms with Crippen molar-refractivity contribution in [3.63, 3.8) is 0 Å². The van der Waals surface area contributed by atoms with Crippen molar-refractivity contribution < 1.29 is 0 Å². The molecule has 2 aromatic rings. The van der Waals surface area contributed by atoms with Crippen LogP contribution < -0.4 is 10.6 Å². The van der Waals surface area contributed by atoms with Crippen molar-refractivity contribution in [1.82, 2.24) is 14.9 Å². The number of nitrogens with zero attached hydrogens (tertiary/aromatic N) is 5. The molecule has 0 unspecified atom stereocenters. The molecule has 1 aromatic heterocycles. The Labute approximate surface area is 180 Å². The van der Waals surface area contributed by atoms with Gasteiger partial charge in [-0.15, -0.1) is 0 Å². The van der Waals surface area contributed by atoms with Crippen LogP contribution in [0.2, 0.25) is 5.02 Å². The number of rotatable bonds is 4. The largest absolute Gasteiger partial charge is 0.355 e. The Hall–Kier alpha value is -2.09. The van der Waals surface area contributed by atoms with Crippen LogP contribution in [0.1, 0.15) is 25.3 Å². The summed E-state index contributed by atoms with van der Waals surface area (Å²) in [6.45, 7) is 9.04. The third kappa shape index (κ3) is 3.99. The maximum Gasteiger partial charge on any atom is 0.147 e. The molecule has 6 nitrogen and oxygen atoms in total. The zero-order valence-corrected chi connectivity index (χ0v) is 18.3. The van der Waals surface area contributed by atoms with E-state index < -0.39 is 0 Å². The van der Waals surface area contributed by atoms with E-state index in [0.717, 1.165) is 65.2 Å². The molecule has 152 valence electrons. The van der Waals surface area contributed by atoms with Gasteiger partial charge in [0.15, 0.2) is 0 Å². The highest BCUT2D eigenvalue weighted by Crippen LogP contribution is 2.43. The van der Waals surface area contributed by atoms with Crippen LogP contribution in [0.5, 0.6) is 0 Å². The summed E-state index contributed by atoms with van der Waals surface area (Å²) in [6, 6.07) is 3.93. The van der Waals surface area contributed by atoms with Crippen molar-refractivity contribution in [2.24, 2.45) is 16.1 Å². The summed E-state index contributed by atoms with van der Waals surface area (Å²) in [5, 5.41) is 1.45. The van der Waals surface area contributed by atoms with E-state index in [2.05, 4.69) is 33.4 Å². The van der Waals surface area contributed by atoms with Crippen LogP contribution in [0.4, 0.5) is 11.5 Å². The lowest BCUT2D eigenvalue weighted by atomic mass is 9.80. The third-order valence-corrected chi connectivity index (χ3v) is 7.27. The second kappa shape index (κ2) is 7.97. The second-order valence-electron chi connectivity index (χ2n) is 7.89. The number of hydrogen-bond acceptors (Lipinski definition) is 7. The van der Waals surface area contributed by atoms with Gasteiger partial charge in [0, 0.05) is 36.3 Å². The van der Waals surface area contributed by atoms with Crippen molar-refractivity contribution in [3.05, 3.63) is 41.7 Å². The molecule has 1 aromatic carbocycles. The third-order valence-electron chi connectivity index (χ3n) is 5.79. The molecule has 0 radical (unpaired) electrons. The smallest absolute Gasteiger partial charge is 0.147 e. The van der Waals surface area contributed by atoms with Gasteiger partial charge in [-0.25, -0.2) is 15.0 Å². The molecule has 2 aliphatic rings. The summed E-state index contributed by atoms with van der Waals surface area (Å²) in [7, 11) is 1.91. The minimum absolute atomic E-state index is 0.241. The number of halogens is 1. The fraction of sp³-hybridized carbons (Fsp3) is 0.381. The normalized spacial score (nSPS) is 18.1. The molecule has 2 aliphatic heterocycles. The van der Waals surface area contributed by atoms with E-state index in [1.807, 2.05) is 36.5 Å². The fourth-order valence-corrected chi connectivity index (χ4v) is 4.67. The number of aromatic nitrogens is 2. The first-order valence-electron chi connectivity index (χ1n) is 9.64. The molecule has 3 heterocycles. The highest BCUT2D eigenvalue weighted by atomic mass is 35.5. The molecule has 29 heavy (non-hydrogen) atoms. The Bertz CT molecular complexity index is 950. The van der Waals surface area contributed by atoms with Gasteiger partial charge in [0.05, 0.1) is 29.4 Å². The van der Waals surface area contributed by atoms with Gasteiger partial charge < -0.3 is 15.5 Å². The number of nitrogens with two attached hydrogens (primary N) is 1. The molecule has 0 bridgehead atoms. The Balaban J connectivity index is 1.49. The fourth-order valence-electron chi connectivity index (χ4n) is 3.52. The average molecular weight is 429 g/mol. The summed E-state index contributed by atoms with van der Waals surface area (Å²) in [4.78, 5) is 18.7. The Morgan fingerprint density at radius 2 is 2.00 bits per heavy atom. The molecule has 1 saturated heterocycles. The van der Waals surface area contributed by atoms with Gasteiger partial charge in [-0.1, -0.05) is 36.9 Å². The predicted molar refractivity (Wildman–Crippen MR) is 121 cm³/mol. The topological polar surface area (TPSA) is 70.6 Å². The molecular weight excluding hydrogens is 404 g/mol. The lowest BCUT2D eigenvalue weighted by Crippen LogP contribution is -2.42. The van der Waals surface area contributed by atoms with Crippen LogP contribution in [0.25, 0.3) is 5.70 Å². The summed E-state index contributed by atoms with van der Waals surface area (Å²) in [5.74, 6) is 0.911. The molecule has 0 amide bonds. The number of piperidine rings is 1. The van der Waals surface area contributed by atoms with E-state index >= 15 is 0 Å². The van der Waals surface area contributed by atoms with E-state index in [1.165, 1.54) is 11.8 Å². The van der Waals surface area contributed by atoms with E-state index in [4.69, 9.17) is 17.3 Å². The SMILES string of the molecule is C=C1c2c(ccc(Sc3cnc(N4CCC(C)(CN)CC4)cn3)c2Cl)N=CN1C. The zero-order chi connectivity index (χ0) is 20.6. The molecule has 0 spiro atoms. The summed E-state index contributed by atoms with van der Waals surface area (Å²) in [6.07, 6.45) is 7.55. The monoisotopic (exact) mass is 428 g/mol. The molecule has 0 saturated carbocycles. The van der Waals surface area contributed by atoms with E-state index in [-0.39, 0.29) is 5.41 Å². The standard InChI is InChI=1S/C21H25ClN6S/c1-14-19-15(26-13-27(14)3)4-5-16(20(19)22)29-18-11-24-17(10-25-18)28-8-6-21(2,12-23)7-9-28/h4-5,10-11,13H,1,6-9,12,23H2,2-3H3. The zero-order valence-electron chi connectivity index (χ0n) is 16.7. The Kier molecular flexibility index (Phi) is 5.55. The number of benzene rings is 1. The Morgan fingerprint density at radius 3 is 2.66 bits per heavy atom. The van der Waals surface area contributed by atoms with Gasteiger partial charge in [-0.05, 0) is 36.9 Å². The minimum Gasteiger partial charge on any atom is -0.355 e. The second-order valence-corrected chi connectivity index (χ2v) is 9.33. The van der Waals surface area contributed by atoms with Crippen molar-refractivity contribution in [2.75, 3.05) is 31.6 Å². The molecule has 0 atom stereocenters. The number of anilines is 1. The average Bonchev–Trinajstić information content (AvgIpc) is 2.74. The van der Waals surface area contributed by atoms with Crippen LogP contribution >= 0.6 is 23.4 Å². The van der Waals surface area contributed by atoms with Crippen LogP contribution in [0.3, 0.4) is 0 Å². The van der Waals surface area contributed by atoms with E-state index in [9.17, 15) is 0 Å². The maximum absolute atomic E-state index is 6.68.